The number of rotatable bonds is 10. The second kappa shape index (κ2) is 10.1. The lowest BCUT2D eigenvalue weighted by atomic mass is 10.1. The SMILES string of the molecule is O=C(CN(Cc1ccc(C(=O)NC2CC2)cc1)C1CC1)Nc1ccc(Oc2ccccc2)cc1. The number of amides is 2. The third kappa shape index (κ3) is 6.23. The zero-order valence-electron chi connectivity index (χ0n) is 19.1. The van der Waals surface area contributed by atoms with Crippen LogP contribution in [-0.4, -0.2) is 35.3 Å². The summed E-state index contributed by atoms with van der Waals surface area (Å²) >= 11 is 0. The molecule has 3 aromatic carbocycles. The summed E-state index contributed by atoms with van der Waals surface area (Å²) < 4.78 is 5.81. The number of ether oxygens (including phenoxy) is 1. The van der Waals surface area contributed by atoms with Crippen LogP contribution in [0.15, 0.2) is 78.9 Å². The Morgan fingerprint density at radius 1 is 0.824 bits per heavy atom. The van der Waals surface area contributed by atoms with Crippen molar-refractivity contribution in [1.29, 1.82) is 0 Å². The van der Waals surface area contributed by atoms with Crippen molar-refractivity contribution < 1.29 is 14.3 Å². The van der Waals surface area contributed by atoms with Gasteiger partial charge in [-0.05, 0) is 79.8 Å². The minimum atomic E-state index is -0.0379. The maximum Gasteiger partial charge on any atom is 0.251 e. The van der Waals surface area contributed by atoms with Crippen molar-refractivity contribution in [2.75, 3.05) is 11.9 Å². The summed E-state index contributed by atoms with van der Waals surface area (Å²) in [6.07, 6.45) is 4.38. The quantitative estimate of drug-likeness (QED) is 0.453. The molecule has 2 aliphatic rings. The predicted molar refractivity (Wildman–Crippen MR) is 132 cm³/mol. The molecule has 0 saturated heterocycles. The summed E-state index contributed by atoms with van der Waals surface area (Å²) in [5.74, 6) is 1.45. The highest BCUT2D eigenvalue weighted by Crippen LogP contribution is 2.28. The Bertz CT molecular complexity index is 1120. The maximum absolute atomic E-state index is 12.7. The van der Waals surface area contributed by atoms with Crippen molar-refractivity contribution in [3.05, 3.63) is 90.0 Å². The fourth-order valence-corrected chi connectivity index (χ4v) is 3.86. The largest absolute Gasteiger partial charge is 0.457 e. The van der Waals surface area contributed by atoms with Crippen molar-refractivity contribution in [2.24, 2.45) is 0 Å². The van der Waals surface area contributed by atoms with Crippen LogP contribution in [0, 0.1) is 0 Å². The van der Waals surface area contributed by atoms with Gasteiger partial charge >= 0.3 is 0 Å². The van der Waals surface area contributed by atoms with Crippen molar-refractivity contribution in [3.63, 3.8) is 0 Å². The molecule has 2 fully saturated rings. The molecular weight excluding hydrogens is 426 g/mol. The van der Waals surface area contributed by atoms with Crippen LogP contribution in [0.25, 0.3) is 0 Å². The van der Waals surface area contributed by atoms with E-state index >= 15 is 0 Å². The summed E-state index contributed by atoms with van der Waals surface area (Å²) in [5, 5.41) is 6.00. The third-order valence-corrected chi connectivity index (χ3v) is 6.04. The van der Waals surface area contributed by atoms with Gasteiger partial charge in [0.25, 0.3) is 5.91 Å². The molecule has 0 radical (unpaired) electrons. The lowest BCUT2D eigenvalue weighted by Gasteiger charge is -2.21. The Hall–Kier alpha value is -3.64. The topological polar surface area (TPSA) is 70.7 Å². The van der Waals surface area contributed by atoms with Crippen LogP contribution in [0.2, 0.25) is 0 Å². The van der Waals surface area contributed by atoms with E-state index in [1.165, 1.54) is 0 Å². The molecule has 0 unspecified atom stereocenters. The van der Waals surface area contributed by atoms with Crippen molar-refractivity contribution in [1.82, 2.24) is 10.2 Å². The van der Waals surface area contributed by atoms with Gasteiger partial charge < -0.3 is 15.4 Å². The molecular formula is C28H29N3O3. The lowest BCUT2D eigenvalue weighted by molar-refractivity contribution is -0.117. The number of carbonyl (C=O) groups is 2. The highest BCUT2D eigenvalue weighted by molar-refractivity contribution is 5.94. The van der Waals surface area contributed by atoms with Gasteiger partial charge in [-0.15, -0.1) is 0 Å². The molecule has 34 heavy (non-hydrogen) atoms. The molecule has 0 spiro atoms. The van der Waals surface area contributed by atoms with Crippen molar-refractivity contribution >= 4 is 17.5 Å². The van der Waals surface area contributed by atoms with Gasteiger partial charge in [0.2, 0.25) is 5.91 Å². The first-order valence-electron chi connectivity index (χ1n) is 11.9. The van der Waals surface area contributed by atoms with Crippen LogP contribution in [0.1, 0.15) is 41.6 Å². The predicted octanol–water partition coefficient (Wildman–Crippen LogP) is 4.97. The van der Waals surface area contributed by atoms with Gasteiger partial charge in [0.1, 0.15) is 11.5 Å². The molecule has 2 N–H and O–H groups in total. The molecule has 2 amide bonds. The molecule has 6 heteroatoms. The molecule has 6 nitrogen and oxygen atoms in total. The fraction of sp³-hybridized carbons (Fsp3) is 0.286. The summed E-state index contributed by atoms with van der Waals surface area (Å²) in [6.45, 7) is 1.02. The normalized spacial score (nSPS) is 15.1. The van der Waals surface area contributed by atoms with Crippen LogP contribution < -0.4 is 15.4 Å². The monoisotopic (exact) mass is 455 g/mol. The zero-order valence-corrected chi connectivity index (χ0v) is 19.1. The van der Waals surface area contributed by atoms with Gasteiger partial charge in [0.15, 0.2) is 0 Å². The smallest absolute Gasteiger partial charge is 0.251 e. The number of nitrogens with zero attached hydrogens (tertiary/aromatic N) is 1. The molecule has 0 atom stereocenters. The summed E-state index contributed by atoms with van der Waals surface area (Å²) in [6, 6.07) is 25.5. The van der Waals surface area contributed by atoms with Gasteiger partial charge in [-0.25, -0.2) is 0 Å². The van der Waals surface area contributed by atoms with Gasteiger partial charge in [-0.1, -0.05) is 30.3 Å². The minimum absolute atomic E-state index is 0.00679. The van der Waals surface area contributed by atoms with E-state index in [4.69, 9.17) is 4.74 Å². The number of nitrogens with one attached hydrogen (secondary N) is 2. The van der Waals surface area contributed by atoms with E-state index in [0.29, 0.717) is 30.7 Å². The van der Waals surface area contributed by atoms with Gasteiger partial charge in [-0.3, -0.25) is 14.5 Å². The Morgan fingerprint density at radius 3 is 2.15 bits per heavy atom. The summed E-state index contributed by atoms with van der Waals surface area (Å²) in [7, 11) is 0. The Kier molecular flexibility index (Phi) is 6.58. The van der Waals surface area contributed by atoms with Gasteiger partial charge in [0.05, 0.1) is 6.54 Å². The molecule has 2 aliphatic carbocycles. The first kappa shape index (κ1) is 22.2. The Labute approximate surface area is 199 Å². The van der Waals surface area contributed by atoms with E-state index in [2.05, 4.69) is 15.5 Å². The number of hydrogen-bond donors (Lipinski definition) is 2. The van der Waals surface area contributed by atoms with E-state index in [0.717, 1.165) is 48.4 Å². The highest BCUT2D eigenvalue weighted by Gasteiger charge is 2.30. The molecule has 0 aromatic heterocycles. The fourth-order valence-electron chi connectivity index (χ4n) is 3.86. The second-order valence-electron chi connectivity index (χ2n) is 9.07. The molecule has 3 aromatic rings. The molecule has 0 bridgehead atoms. The van der Waals surface area contributed by atoms with E-state index in [9.17, 15) is 9.59 Å². The van der Waals surface area contributed by atoms with Crippen molar-refractivity contribution in [3.8, 4) is 11.5 Å². The number of benzene rings is 3. The Balaban J connectivity index is 1.14. The first-order chi connectivity index (χ1) is 16.6. The average molecular weight is 456 g/mol. The number of hydrogen-bond acceptors (Lipinski definition) is 4. The summed E-state index contributed by atoms with van der Waals surface area (Å²) in [5.41, 5.74) is 2.53. The molecule has 5 rings (SSSR count). The number of carbonyl (C=O) groups excluding carboxylic acids is 2. The number of anilines is 1. The van der Waals surface area contributed by atoms with E-state index in [1.807, 2.05) is 78.9 Å². The molecule has 174 valence electrons. The number of para-hydroxylation sites is 1. The second-order valence-corrected chi connectivity index (χ2v) is 9.07. The van der Waals surface area contributed by atoms with Gasteiger partial charge in [0, 0.05) is 29.9 Å². The minimum Gasteiger partial charge on any atom is -0.457 e. The van der Waals surface area contributed by atoms with Crippen LogP contribution in [0.4, 0.5) is 5.69 Å². The molecule has 2 saturated carbocycles. The van der Waals surface area contributed by atoms with Crippen LogP contribution in [-0.2, 0) is 11.3 Å². The summed E-state index contributed by atoms with van der Waals surface area (Å²) in [4.78, 5) is 27.1. The lowest BCUT2D eigenvalue weighted by Crippen LogP contribution is -2.34. The van der Waals surface area contributed by atoms with Crippen LogP contribution >= 0.6 is 0 Å². The van der Waals surface area contributed by atoms with Crippen molar-refractivity contribution in [2.45, 2.75) is 44.3 Å². The van der Waals surface area contributed by atoms with E-state index in [1.54, 1.807) is 0 Å². The third-order valence-electron chi connectivity index (χ3n) is 6.04. The average Bonchev–Trinajstić information content (AvgIpc) is 3.76. The molecule has 0 aliphatic heterocycles. The van der Waals surface area contributed by atoms with Crippen LogP contribution in [0.3, 0.4) is 0 Å². The van der Waals surface area contributed by atoms with E-state index < -0.39 is 0 Å². The Morgan fingerprint density at radius 2 is 1.50 bits per heavy atom. The van der Waals surface area contributed by atoms with Gasteiger partial charge in [-0.2, -0.15) is 0 Å². The zero-order chi connectivity index (χ0) is 23.3. The van der Waals surface area contributed by atoms with E-state index in [-0.39, 0.29) is 11.8 Å². The first-order valence-corrected chi connectivity index (χ1v) is 11.9. The van der Waals surface area contributed by atoms with Crippen LogP contribution in [0.5, 0.6) is 11.5 Å². The standard InChI is InChI=1S/C28H29N3O3/c32-27(29-22-12-16-26(17-13-22)34-25-4-2-1-3-5-25)19-31(24-14-15-24)18-20-6-8-21(9-7-20)28(33)30-23-10-11-23/h1-9,12-13,16-17,23-24H,10-11,14-15,18-19H2,(H,29,32)(H,30,33). The highest BCUT2D eigenvalue weighted by atomic mass is 16.5. The maximum atomic E-state index is 12.7. The molecule has 0 heterocycles.